The number of hydrogen-bond donors (Lipinski definition) is 8. The number of aliphatic hydroxyl groups is 3. The largest absolute Gasteiger partial charge is 0.592 e. The minimum atomic E-state index is -0.938. The van der Waals surface area contributed by atoms with Crippen LogP contribution in [-0.4, -0.2) is 96.8 Å². The Bertz CT molecular complexity index is 1670. The number of allylic oxidation sites excluding steroid dienone is 1. The van der Waals surface area contributed by atoms with E-state index in [1.54, 1.807) is 13.1 Å². The average molecular weight is 861 g/mol. The van der Waals surface area contributed by atoms with Gasteiger partial charge in [0, 0.05) is 39.4 Å². The van der Waals surface area contributed by atoms with E-state index in [0.717, 1.165) is 81.0 Å². The second kappa shape index (κ2) is 23.5. The van der Waals surface area contributed by atoms with Gasteiger partial charge in [-0.25, -0.2) is 0 Å². The maximum absolute atomic E-state index is 11.5. The molecule has 1 aromatic rings. The summed E-state index contributed by atoms with van der Waals surface area (Å²) < 4.78 is 12.5. The molecule has 62 heavy (non-hydrogen) atoms. The van der Waals surface area contributed by atoms with Crippen LogP contribution in [0.2, 0.25) is 0 Å². The summed E-state index contributed by atoms with van der Waals surface area (Å²) in [7, 11) is 1.69. The van der Waals surface area contributed by atoms with Gasteiger partial charge in [0.15, 0.2) is 35.3 Å². The van der Waals surface area contributed by atoms with Crippen molar-refractivity contribution < 1.29 is 29.9 Å². The van der Waals surface area contributed by atoms with Crippen molar-refractivity contribution in [2.45, 2.75) is 148 Å². The smallest absolute Gasteiger partial charge is 0.190 e. The van der Waals surface area contributed by atoms with Gasteiger partial charge in [0.2, 0.25) is 0 Å². The van der Waals surface area contributed by atoms with Crippen molar-refractivity contribution in [2.24, 2.45) is 56.5 Å². The van der Waals surface area contributed by atoms with E-state index in [9.17, 15) is 20.4 Å². The van der Waals surface area contributed by atoms with Gasteiger partial charge in [0.05, 0.1) is 24.5 Å². The molecule has 1 aromatic carbocycles. The number of nitrogens with one attached hydrogen (secondary N) is 2. The highest BCUT2D eigenvalue weighted by atomic mass is 16.5. The molecular formula is C50H80N6O6. The summed E-state index contributed by atoms with van der Waals surface area (Å²) >= 11 is 0. The number of aromatic hydroxyl groups is 1. The summed E-state index contributed by atoms with van der Waals surface area (Å²) in [6, 6.07) is 6.03. The van der Waals surface area contributed by atoms with E-state index < -0.39 is 12.2 Å². The van der Waals surface area contributed by atoms with E-state index in [2.05, 4.69) is 28.6 Å². The molecule has 346 valence electrons. The van der Waals surface area contributed by atoms with Gasteiger partial charge >= 0.3 is 0 Å². The summed E-state index contributed by atoms with van der Waals surface area (Å²) in [4.78, 5) is 9.11. The van der Waals surface area contributed by atoms with E-state index in [1.807, 2.05) is 25.1 Å². The van der Waals surface area contributed by atoms with Crippen LogP contribution in [0.15, 0.2) is 51.7 Å². The van der Waals surface area contributed by atoms with Crippen molar-refractivity contribution in [3.05, 3.63) is 59.2 Å². The number of aliphatic hydroxyl groups excluding tert-OH is 3. The molecule has 12 nitrogen and oxygen atoms in total. The number of benzene rings is 1. The first kappa shape index (κ1) is 48.0. The van der Waals surface area contributed by atoms with Gasteiger partial charge in [0.1, 0.15) is 12.2 Å². The molecule has 10 N–H and O–H groups in total. The Labute approximate surface area is 372 Å². The number of guanidine groups is 1. The zero-order valence-electron chi connectivity index (χ0n) is 38.1. The first-order chi connectivity index (χ1) is 30.0. The minimum absolute atomic E-state index is 0.0178. The summed E-state index contributed by atoms with van der Waals surface area (Å²) in [6.07, 6.45) is 22.6. The van der Waals surface area contributed by atoms with Crippen LogP contribution in [0.4, 0.5) is 0 Å². The maximum Gasteiger partial charge on any atom is 0.190 e. The highest BCUT2D eigenvalue weighted by molar-refractivity contribution is 6.04. The molecule has 1 unspecified atom stereocenters. The van der Waals surface area contributed by atoms with Crippen molar-refractivity contribution in [1.82, 2.24) is 10.6 Å². The van der Waals surface area contributed by atoms with Crippen LogP contribution in [0.1, 0.15) is 129 Å². The van der Waals surface area contributed by atoms with E-state index in [-0.39, 0.29) is 25.1 Å². The lowest BCUT2D eigenvalue weighted by Crippen LogP contribution is -2.37. The molecule has 8 atom stereocenters. The lowest BCUT2D eigenvalue weighted by molar-refractivity contribution is 0.113. The predicted molar refractivity (Wildman–Crippen MR) is 249 cm³/mol. The fourth-order valence-corrected chi connectivity index (χ4v) is 11.5. The highest BCUT2D eigenvalue weighted by Gasteiger charge is 2.57. The second-order valence-electron chi connectivity index (χ2n) is 19.5. The summed E-state index contributed by atoms with van der Waals surface area (Å²) in [5.74, 6) is 5.41. The molecule has 0 radical (unpaired) electrons. The van der Waals surface area contributed by atoms with Crippen LogP contribution in [0.3, 0.4) is 0 Å². The molecule has 0 bridgehead atoms. The van der Waals surface area contributed by atoms with Crippen molar-refractivity contribution in [1.29, 1.82) is 0 Å². The second-order valence-corrected chi connectivity index (χ2v) is 19.5. The fourth-order valence-electron chi connectivity index (χ4n) is 11.5. The Balaban J connectivity index is 0.966. The number of nitrogens with two attached hydrogens (primary N) is 2. The van der Waals surface area contributed by atoms with Gasteiger partial charge in [0.25, 0.3) is 0 Å². The number of phenols is 1. The van der Waals surface area contributed by atoms with Crippen LogP contribution in [-0.2, 0) is 11.2 Å². The zero-order valence-corrected chi connectivity index (χ0v) is 38.1. The van der Waals surface area contributed by atoms with Crippen molar-refractivity contribution >= 4 is 11.7 Å². The molecule has 12 heteroatoms. The number of aliphatic imine (C=N–C) groups is 2. The Hall–Kier alpha value is -3.42. The third-order valence-electron chi connectivity index (χ3n) is 14.8. The maximum atomic E-state index is 11.5. The number of nitrogens with zero attached hydrogens (tertiary/aromatic N) is 2. The predicted octanol–water partition coefficient (Wildman–Crippen LogP) is 6.66. The average Bonchev–Trinajstić information content (AvgIpc) is 4.09. The first-order valence-corrected chi connectivity index (χ1v) is 24.2. The monoisotopic (exact) mass is 861 g/mol. The lowest BCUT2D eigenvalue weighted by Gasteiger charge is -2.37. The first-order valence-electron chi connectivity index (χ1n) is 24.2. The normalized spacial score (nSPS) is 25.1. The summed E-state index contributed by atoms with van der Waals surface area (Å²) in [5.41, 5.74) is 15.4. The molecule has 3 aliphatic carbocycles. The standard InChI is InChI=1S/C50H80N6O6/c1-33(28-55-49(52)53-3)10-8-12-35(20-23-51)11-4-5-15-47-37(31-57)25-38(62-47)18-16-36-17-19-45(59)48(24-36)61-32-46(60)43-26-40-41(30-54-29-34(2)58)39-13-9-14-42(39)50(21-6-7-22-50)27-44(40)56-43/h17,19,24-26,33-35,39,41-42,46-47,54,57-60H,4-16,18,20-23,27-32,51H2,1-3H3,(H3,52,53,55)/t33-,34+,35-,39+,41+,42+,46+,47?/m1/s1. The van der Waals surface area contributed by atoms with Gasteiger partial charge in [-0.2, -0.15) is 12.0 Å². The lowest BCUT2D eigenvalue weighted by atomic mass is 9.66. The minimum Gasteiger partial charge on any atom is -0.592 e. The van der Waals surface area contributed by atoms with Crippen LogP contribution in [0.25, 0.3) is 0 Å². The molecule has 0 aromatic heterocycles. The van der Waals surface area contributed by atoms with Crippen LogP contribution < -0.4 is 26.8 Å². The number of rotatable bonds is 25. The molecule has 3 fully saturated rings. The van der Waals surface area contributed by atoms with Gasteiger partial charge in [-0.1, -0.05) is 76.5 Å². The topological polar surface area (TPSA) is 200 Å². The van der Waals surface area contributed by atoms with Gasteiger partial charge < -0.3 is 52.0 Å². The zero-order chi connectivity index (χ0) is 44.1. The van der Waals surface area contributed by atoms with Crippen LogP contribution in [0.5, 0.6) is 11.5 Å². The van der Waals surface area contributed by atoms with Crippen molar-refractivity contribution in [3.8, 4) is 11.5 Å². The molecule has 0 amide bonds. The third-order valence-corrected chi connectivity index (χ3v) is 14.8. The number of hydrogen-bond acceptors (Lipinski definition) is 10. The quantitative estimate of drug-likeness (QED) is 0.0228. The SMILES string of the molecule is CN=C(N)NC[C@H](C)CCC[C@H](CCN)CCCCC1OC(CCc2ccc(O)c(OC[C@H](O)[C+]3C=C4C(=N3)CC3(CCCC3)[C@H]3CCC[C@H]3[C@@H]4CNC[C@H](C)O)c2)=C[C-]1CO. The summed E-state index contributed by atoms with van der Waals surface area (Å²) in [6.45, 7) is 6.95. The molecule has 3 saturated carbocycles. The Morgan fingerprint density at radius 3 is 2.63 bits per heavy atom. The van der Waals surface area contributed by atoms with Crippen molar-refractivity contribution in [2.75, 3.05) is 46.4 Å². The van der Waals surface area contributed by atoms with Gasteiger partial charge in [-0.3, -0.25) is 4.99 Å². The molecule has 1 spiro atoms. The molecule has 2 aliphatic heterocycles. The molecule has 2 heterocycles. The number of ether oxygens (including phenoxy) is 2. The molecule has 0 saturated heterocycles. The van der Waals surface area contributed by atoms with Gasteiger partial charge in [-0.05, 0) is 112 Å². The van der Waals surface area contributed by atoms with Gasteiger partial charge in [-0.15, -0.1) is 4.99 Å². The Kier molecular flexibility index (Phi) is 18.2. The van der Waals surface area contributed by atoms with E-state index in [4.69, 9.17) is 25.9 Å². The summed E-state index contributed by atoms with van der Waals surface area (Å²) in [5, 5.41) is 49.2. The number of aryl methyl sites for hydroxylation is 1. The van der Waals surface area contributed by atoms with E-state index >= 15 is 0 Å². The molecule has 6 rings (SSSR count). The number of fused-ring (bicyclic) bond motifs is 3. The van der Waals surface area contributed by atoms with Crippen LogP contribution in [0, 0.1) is 47.0 Å². The Morgan fingerprint density at radius 2 is 1.87 bits per heavy atom. The fraction of sp³-hybridized carbons (Fsp3) is 0.720. The molecular weight excluding hydrogens is 781 g/mol. The van der Waals surface area contributed by atoms with E-state index in [1.165, 1.54) is 63.4 Å². The van der Waals surface area contributed by atoms with Crippen molar-refractivity contribution in [3.63, 3.8) is 0 Å². The molecule has 5 aliphatic rings. The third kappa shape index (κ3) is 12.9. The Morgan fingerprint density at radius 1 is 1.06 bits per heavy atom. The number of phenolic OH excluding ortho intramolecular Hbond substituents is 1. The number of unbranched alkanes of at least 4 members (excludes halogenated alkanes) is 1. The van der Waals surface area contributed by atoms with E-state index in [0.29, 0.717) is 78.7 Å². The van der Waals surface area contributed by atoms with Crippen LogP contribution >= 0.6 is 0 Å². The highest BCUT2D eigenvalue weighted by Crippen LogP contribution is 2.60.